The highest BCUT2D eigenvalue weighted by Crippen LogP contribution is 2.16. The Morgan fingerprint density at radius 1 is 1.23 bits per heavy atom. The highest BCUT2D eigenvalue weighted by molar-refractivity contribution is 5.94. The van der Waals surface area contributed by atoms with Crippen molar-refractivity contribution in [3.05, 3.63) is 70.8 Å². The molecule has 2 N–H and O–H groups in total. The summed E-state index contributed by atoms with van der Waals surface area (Å²) in [6, 6.07) is 14.9. The number of amides is 1. The predicted octanol–water partition coefficient (Wildman–Crippen LogP) is 2.60. The summed E-state index contributed by atoms with van der Waals surface area (Å²) in [5.41, 5.74) is 3.34. The first-order valence-electron chi connectivity index (χ1n) is 7.21. The van der Waals surface area contributed by atoms with Crippen molar-refractivity contribution in [2.45, 2.75) is 19.6 Å². The molecule has 22 heavy (non-hydrogen) atoms. The maximum absolute atomic E-state index is 12.2. The molecule has 0 unspecified atom stereocenters. The van der Waals surface area contributed by atoms with Gasteiger partial charge in [-0.15, -0.1) is 0 Å². The predicted molar refractivity (Wildman–Crippen MR) is 85.6 cm³/mol. The summed E-state index contributed by atoms with van der Waals surface area (Å²) in [4.78, 5) is 12.2. The number of aliphatic hydroxyl groups excluding tert-OH is 1. The Balaban J connectivity index is 1.98. The molecule has 0 heterocycles. The summed E-state index contributed by atoms with van der Waals surface area (Å²) in [7, 11) is 1.62. The molecule has 1 amide bonds. The van der Waals surface area contributed by atoms with Crippen molar-refractivity contribution in [3.8, 4) is 0 Å². The molecule has 4 heteroatoms. The van der Waals surface area contributed by atoms with E-state index in [2.05, 4.69) is 5.32 Å². The minimum Gasteiger partial charge on any atom is -0.387 e. The molecular formula is C18H21NO3. The van der Waals surface area contributed by atoms with Crippen LogP contribution in [0.25, 0.3) is 0 Å². The van der Waals surface area contributed by atoms with Crippen LogP contribution in [0.15, 0.2) is 48.5 Å². The topological polar surface area (TPSA) is 58.6 Å². The Bertz CT molecular complexity index is 640. The second-order valence-corrected chi connectivity index (χ2v) is 5.22. The Morgan fingerprint density at radius 3 is 2.73 bits per heavy atom. The minimum absolute atomic E-state index is 0.179. The summed E-state index contributed by atoms with van der Waals surface area (Å²) in [5.74, 6) is -0.203. The van der Waals surface area contributed by atoms with Gasteiger partial charge in [0.05, 0.1) is 12.7 Å². The van der Waals surface area contributed by atoms with Crippen LogP contribution in [0.4, 0.5) is 0 Å². The van der Waals surface area contributed by atoms with Gasteiger partial charge in [0.25, 0.3) is 5.91 Å². The van der Waals surface area contributed by atoms with Crippen molar-refractivity contribution in [2.24, 2.45) is 0 Å². The zero-order chi connectivity index (χ0) is 15.9. The lowest BCUT2D eigenvalue weighted by molar-refractivity contribution is 0.0915. The molecule has 0 fully saturated rings. The molecule has 1 atom stereocenters. The third kappa shape index (κ3) is 4.16. The molecule has 4 nitrogen and oxygen atoms in total. The minimum atomic E-state index is -0.715. The van der Waals surface area contributed by atoms with Gasteiger partial charge in [-0.3, -0.25) is 4.79 Å². The van der Waals surface area contributed by atoms with Gasteiger partial charge in [0, 0.05) is 19.2 Å². The van der Waals surface area contributed by atoms with E-state index < -0.39 is 6.10 Å². The summed E-state index contributed by atoms with van der Waals surface area (Å²) >= 11 is 0. The van der Waals surface area contributed by atoms with E-state index in [1.165, 1.54) is 0 Å². The van der Waals surface area contributed by atoms with Crippen LogP contribution >= 0.6 is 0 Å². The number of methoxy groups -OCH3 is 1. The van der Waals surface area contributed by atoms with E-state index in [4.69, 9.17) is 4.74 Å². The number of carbonyl (C=O) groups excluding carboxylic acids is 1. The fourth-order valence-corrected chi connectivity index (χ4v) is 2.33. The number of nitrogens with one attached hydrogen (secondary N) is 1. The van der Waals surface area contributed by atoms with Gasteiger partial charge in [-0.05, 0) is 35.7 Å². The highest BCUT2D eigenvalue weighted by Gasteiger charge is 2.12. The van der Waals surface area contributed by atoms with Crippen molar-refractivity contribution in [2.75, 3.05) is 13.7 Å². The fraction of sp³-hybridized carbons (Fsp3) is 0.278. The Hall–Kier alpha value is -2.17. The van der Waals surface area contributed by atoms with Crippen LogP contribution in [-0.2, 0) is 11.3 Å². The van der Waals surface area contributed by atoms with Crippen molar-refractivity contribution in [1.29, 1.82) is 0 Å². The van der Waals surface area contributed by atoms with Crippen LogP contribution in [0.1, 0.15) is 33.2 Å². The molecule has 0 aliphatic rings. The van der Waals surface area contributed by atoms with Crippen LogP contribution < -0.4 is 5.32 Å². The van der Waals surface area contributed by atoms with E-state index in [-0.39, 0.29) is 12.5 Å². The second-order valence-electron chi connectivity index (χ2n) is 5.22. The third-order valence-corrected chi connectivity index (χ3v) is 3.50. The molecular weight excluding hydrogens is 278 g/mol. The SMILES string of the molecule is COCc1cccc(C(=O)NC[C@H](O)c2ccccc2C)c1. The van der Waals surface area contributed by atoms with Crippen LogP contribution in [0.2, 0.25) is 0 Å². The Kier molecular flexibility index (Phi) is 5.69. The summed E-state index contributed by atoms with van der Waals surface area (Å²) in [6.07, 6.45) is -0.715. The molecule has 0 bridgehead atoms. The molecule has 0 aliphatic carbocycles. The first-order valence-corrected chi connectivity index (χ1v) is 7.21. The molecule has 0 radical (unpaired) electrons. The van der Waals surface area contributed by atoms with E-state index in [9.17, 15) is 9.90 Å². The van der Waals surface area contributed by atoms with Crippen LogP contribution in [-0.4, -0.2) is 24.7 Å². The first kappa shape index (κ1) is 16.2. The smallest absolute Gasteiger partial charge is 0.251 e. The molecule has 2 rings (SSSR count). The summed E-state index contributed by atoms with van der Waals surface area (Å²) in [5, 5.41) is 13.0. The zero-order valence-corrected chi connectivity index (χ0v) is 12.9. The van der Waals surface area contributed by atoms with E-state index >= 15 is 0 Å². The zero-order valence-electron chi connectivity index (χ0n) is 12.9. The lowest BCUT2D eigenvalue weighted by Gasteiger charge is -2.14. The Labute approximate surface area is 130 Å². The van der Waals surface area contributed by atoms with Gasteiger partial charge in [0.15, 0.2) is 0 Å². The van der Waals surface area contributed by atoms with E-state index in [0.29, 0.717) is 12.2 Å². The highest BCUT2D eigenvalue weighted by atomic mass is 16.5. The Morgan fingerprint density at radius 2 is 2.00 bits per heavy atom. The normalized spacial score (nSPS) is 12.0. The largest absolute Gasteiger partial charge is 0.387 e. The number of carbonyl (C=O) groups is 1. The average Bonchev–Trinajstić information content (AvgIpc) is 2.53. The molecule has 2 aromatic rings. The molecule has 0 saturated heterocycles. The maximum Gasteiger partial charge on any atom is 0.251 e. The van der Waals surface area contributed by atoms with Crippen LogP contribution in [0.3, 0.4) is 0 Å². The summed E-state index contributed by atoms with van der Waals surface area (Å²) < 4.78 is 5.06. The van der Waals surface area contributed by atoms with Gasteiger partial charge in [0.1, 0.15) is 0 Å². The lowest BCUT2D eigenvalue weighted by Crippen LogP contribution is -2.28. The third-order valence-electron chi connectivity index (χ3n) is 3.50. The van der Waals surface area contributed by atoms with Gasteiger partial charge < -0.3 is 15.2 Å². The van der Waals surface area contributed by atoms with E-state index in [1.807, 2.05) is 43.3 Å². The van der Waals surface area contributed by atoms with Crippen molar-refractivity contribution in [3.63, 3.8) is 0 Å². The number of rotatable bonds is 6. The van der Waals surface area contributed by atoms with Crippen LogP contribution in [0, 0.1) is 6.92 Å². The van der Waals surface area contributed by atoms with E-state index in [1.54, 1.807) is 19.2 Å². The van der Waals surface area contributed by atoms with Gasteiger partial charge in [0.2, 0.25) is 0 Å². The van der Waals surface area contributed by atoms with Gasteiger partial charge in [-0.1, -0.05) is 36.4 Å². The van der Waals surface area contributed by atoms with Gasteiger partial charge in [-0.25, -0.2) is 0 Å². The number of benzene rings is 2. The molecule has 0 spiro atoms. The number of aliphatic hydroxyl groups is 1. The van der Waals surface area contributed by atoms with Crippen molar-refractivity contribution >= 4 is 5.91 Å². The number of hydrogen-bond donors (Lipinski definition) is 2. The van der Waals surface area contributed by atoms with Crippen LogP contribution in [0.5, 0.6) is 0 Å². The lowest BCUT2D eigenvalue weighted by atomic mass is 10.0. The number of hydrogen-bond acceptors (Lipinski definition) is 3. The number of ether oxygens (including phenoxy) is 1. The summed E-state index contributed by atoms with van der Waals surface area (Å²) in [6.45, 7) is 2.58. The molecule has 116 valence electrons. The molecule has 0 saturated carbocycles. The molecule has 2 aromatic carbocycles. The van der Waals surface area contributed by atoms with Crippen molar-refractivity contribution in [1.82, 2.24) is 5.32 Å². The van der Waals surface area contributed by atoms with Gasteiger partial charge >= 0.3 is 0 Å². The number of aryl methyl sites for hydroxylation is 1. The average molecular weight is 299 g/mol. The fourth-order valence-electron chi connectivity index (χ4n) is 2.33. The van der Waals surface area contributed by atoms with E-state index in [0.717, 1.165) is 16.7 Å². The standard InChI is InChI=1S/C18H21NO3/c1-13-6-3-4-9-16(13)17(20)11-19-18(21)15-8-5-7-14(10-15)12-22-2/h3-10,17,20H,11-12H2,1-2H3,(H,19,21)/t17-/m0/s1. The first-order chi connectivity index (χ1) is 10.6. The molecule has 0 aliphatic heterocycles. The molecule has 0 aromatic heterocycles. The van der Waals surface area contributed by atoms with Crippen molar-refractivity contribution < 1.29 is 14.6 Å². The monoisotopic (exact) mass is 299 g/mol. The van der Waals surface area contributed by atoms with Gasteiger partial charge in [-0.2, -0.15) is 0 Å². The maximum atomic E-state index is 12.2. The quantitative estimate of drug-likeness (QED) is 0.862. The second kappa shape index (κ2) is 7.73.